The summed E-state index contributed by atoms with van der Waals surface area (Å²) in [5.74, 6) is -0.935. The Morgan fingerprint density at radius 2 is 1.83 bits per heavy atom. The van der Waals surface area contributed by atoms with Gasteiger partial charge >= 0.3 is 0 Å². The number of hydrogen-bond acceptors (Lipinski definition) is 2. The minimum atomic E-state index is -0.530. The maximum atomic E-state index is 13.6. The van der Waals surface area contributed by atoms with Crippen LogP contribution in [0.4, 0.5) is 20.2 Å². The van der Waals surface area contributed by atoms with Gasteiger partial charge in [0.2, 0.25) is 0 Å². The fourth-order valence-corrected chi connectivity index (χ4v) is 1.72. The zero-order valence-corrected chi connectivity index (χ0v) is 9.73. The van der Waals surface area contributed by atoms with Gasteiger partial charge in [0.1, 0.15) is 17.9 Å². The van der Waals surface area contributed by atoms with Crippen molar-refractivity contribution in [1.29, 1.82) is 0 Å². The second kappa shape index (κ2) is 4.96. The molecule has 92 valence electrons. The molecule has 0 aromatic heterocycles. The van der Waals surface area contributed by atoms with Crippen molar-refractivity contribution in [3.63, 3.8) is 0 Å². The summed E-state index contributed by atoms with van der Waals surface area (Å²) in [4.78, 5) is 12.2. The predicted octanol–water partition coefficient (Wildman–Crippen LogP) is 3.55. The van der Waals surface area contributed by atoms with Gasteiger partial charge in [-0.3, -0.25) is 4.79 Å². The van der Waals surface area contributed by atoms with E-state index < -0.39 is 11.6 Å². The fourth-order valence-electron chi connectivity index (χ4n) is 1.72. The van der Waals surface area contributed by atoms with Crippen LogP contribution in [0.1, 0.15) is 10.4 Å². The highest BCUT2D eigenvalue weighted by atomic mass is 19.1. The average Bonchev–Trinajstić information content (AvgIpc) is 2.37. The first-order valence-electron chi connectivity index (χ1n) is 5.36. The van der Waals surface area contributed by atoms with E-state index in [0.717, 1.165) is 6.07 Å². The first-order valence-corrected chi connectivity index (χ1v) is 5.36. The van der Waals surface area contributed by atoms with E-state index >= 15 is 0 Å². The van der Waals surface area contributed by atoms with Crippen LogP contribution in [-0.4, -0.2) is 13.3 Å². The average molecular weight is 247 g/mol. The quantitative estimate of drug-likeness (QED) is 0.773. The van der Waals surface area contributed by atoms with Crippen LogP contribution in [0.5, 0.6) is 0 Å². The minimum absolute atomic E-state index is 0.216. The highest BCUT2D eigenvalue weighted by Gasteiger charge is 2.10. The SMILES string of the molecule is CN(c1cc(F)cc(C=O)c1)c1ccccc1F. The molecule has 2 aromatic carbocycles. The van der Waals surface area contributed by atoms with Crippen LogP contribution in [0.25, 0.3) is 0 Å². The van der Waals surface area contributed by atoms with Crippen molar-refractivity contribution in [2.45, 2.75) is 0 Å². The molecule has 0 spiro atoms. The molecule has 0 unspecified atom stereocenters. The molecule has 2 rings (SSSR count). The molecule has 0 aliphatic carbocycles. The van der Waals surface area contributed by atoms with Gasteiger partial charge in [-0.15, -0.1) is 0 Å². The molecule has 0 aliphatic rings. The number of anilines is 2. The molecule has 0 bridgehead atoms. The Labute approximate surface area is 103 Å². The smallest absolute Gasteiger partial charge is 0.150 e. The number of nitrogens with zero attached hydrogens (tertiary/aromatic N) is 1. The van der Waals surface area contributed by atoms with Crippen molar-refractivity contribution in [1.82, 2.24) is 0 Å². The Morgan fingerprint density at radius 1 is 1.11 bits per heavy atom. The molecule has 0 saturated carbocycles. The summed E-state index contributed by atoms with van der Waals surface area (Å²) < 4.78 is 26.9. The van der Waals surface area contributed by atoms with E-state index in [2.05, 4.69) is 0 Å². The lowest BCUT2D eigenvalue weighted by atomic mass is 10.2. The summed E-state index contributed by atoms with van der Waals surface area (Å²) in [6.45, 7) is 0. The van der Waals surface area contributed by atoms with Crippen molar-refractivity contribution in [2.75, 3.05) is 11.9 Å². The number of carbonyl (C=O) groups excluding carboxylic acids is 1. The van der Waals surface area contributed by atoms with Crippen LogP contribution in [-0.2, 0) is 0 Å². The summed E-state index contributed by atoms with van der Waals surface area (Å²) in [5, 5.41) is 0. The van der Waals surface area contributed by atoms with Crippen molar-refractivity contribution < 1.29 is 13.6 Å². The van der Waals surface area contributed by atoms with Crippen molar-refractivity contribution in [2.24, 2.45) is 0 Å². The number of para-hydroxylation sites is 1. The van der Waals surface area contributed by atoms with Gasteiger partial charge in [-0.25, -0.2) is 8.78 Å². The van der Waals surface area contributed by atoms with E-state index in [1.165, 1.54) is 23.1 Å². The van der Waals surface area contributed by atoms with Gasteiger partial charge in [-0.2, -0.15) is 0 Å². The molecule has 0 radical (unpaired) electrons. The van der Waals surface area contributed by atoms with Gasteiger partial charge in [0.25, 0.3) is 0 Å². The number of benzene rings is 2. The lowest BCUT2D eigenvalue weighted by molar-refractivity contribution is 0.112. The number of aldehydes is 1. The molecular formula is C14H11F2NO. The first kappa shape index (κ1) is 12.2. The summed E-state index contributed by atoms with van der Waals surface area (Å²) >= 11 is 0. The lowest BCUT2D eigenvalue weighted by Crippen LogP contribution is -2.11. The molecule has 0 N–H and O–H groups in total. The third kappa shape index (κ3) is 2.37. The van der Waals surface area contributed by atoms with Crippen LogP contribution in [0.2, 0.25) is 0 Å². The van der Waals surface area contributed by atoms with Gasteiger partial charge in [-0.05, 0) is 30.3 Å². The van der Waals surface area contributed by atoms with Gasteiger partial charge < -0.3 is 4.90 Å². The molecule has 2 aromatic rings. The largest absolute Gasteiger partial charge is 0.342 e. The van der Waals surface area contributed by atoms with Gasteiger partial charge in [0.05, 0.1) is 5.69 Å². The van der Waals surface area contributed by atoms with Crippen molar-refractivity contribution in [3.8, 4) is 0 Å². The highest BCUT2D eigenvalue weighted by molar-refractivity contribution is 5.78. The van der Waals surface area contributed by atoms with E-state index in [1.807, 2.05) is 0 Å². The Bertz CT molecular complexity index is 584. The van der Waals surface area contributed by atoms with Crippen LogP contribution < -0.4 is 4.90 Å². The van der Waals surface area contributed by atoms with E-state index in [9.17, 15) is 13.6 Å². The predicted molar refractivity (Wildman–Crippen MR) is 66.3 cm³/mol. The summed E-state index contributed by atoms with van der Waals surface area (Å²) in [6.07, 6.45) is 0.557. The van der Waals surface area contributed by atoms with E-state index in [-0.39, 0.29) is 5.56 Å². The second-order valence-electron chi connectivity index (χ2n) is 3.87. The third-order valence-corrected chi connectivity index (χ3v) is 2.64. The monoisotopic (exact) mass is 247 g/mol. The number of hydrogen-bond donors (Lipinski definition) is 0. The minimum Gasteiger partial charge on any atom is -0.342 e. The summed E-state index contributed by atoms with van der Waals surface area (Å²) in [6, 6.07) is 10.1. The van der Waals surface area contributed by atoms with Crippen LogP contribution in [0, 0.1) is 11.6 Å². The first-order chi connectivity index (χ1) is 8.61. The van der Waals surface area contributed by atoms with E-state index in [4.69, 9.17) is 0 Å². The topological polar surface area (TPSA) is 20.3 Å². The maximum Gasteiger partial charge on any atom is 0.150 e. The third-order valence-electron chi connectivity index (χ3n) is 2.64. The molecule has 0 heterocycles. The van der Waals surface area contributed by atoms with Crippen molar-refractivity contribution >= 4 is 17.7 Å². The van der Waals surface area contributed by atoms with Crippen LogP contribution in [0.15, 0.2) is 42.5 Å². The normalized spacial score (nSPS) is 10.2. The van der Waals surface area contributed by atoms with Gasteiger partial charge in [0.15, 0.2) is 0 Å². The van der Waals surface area contributed by atoms with Crippen LogP contribution >= 0.6 is 0 Å². The number of rotatable bonds is 3. The van der Waals surface area contributed by atoms with Crippen LogP contribution in [0.3, 0.4) is 0 Å². The van der Waals surface area contributed by atoms with E-state index in [0.29, 0.717) is 17.7 Å². The molecule has 0 amide bonds. The maximum absolute atomic E-state index is 13.6. The Balaban J connectivity index is 2.46. The number of carbonyl (C=O) groups is 1. The lowest BCUT2D eigenvalue weighted by Gasteiger charge is -2.20. The zero-order chi connectivity index (χ0) is 13.1. The fraction of sp³-hybridized carbons (Fsp3) is 0.0714. The van der Waals surface area contributed by atoms with Gasteiger partial charge in [-0.1, -0.05) is 12.1 Å². The molecule has 0 saturated heterocycles. The second-order valence-corrected chi connectivity index (χ2v) is 3.87. The van der Waals surface area contributed by atoms with Gasteiger partial charge in [0, 0.05) is 18.3 Å². The Kier molecular flexibility index (Phi) is 3.37. The molecule has 0 aliphatic heterocycles. The highest BCUT2D eigenvalue weighted by Crippen LogP contribution is 2.27. The van der Waals surface area contributed by atoms with Crippen molar-refractivity contribution in [3.05, 3.63) is 59.7 Å². The zero-order valence-electron chi connectivity index (χ0n) is 9.73. The molecule has 0 fully saturated rings. The molecular weight excluding hydrogens is 236 g/mol. The standard InChI is InChI=1S/C14H11F2NO/c1-17(14-5-3-2-4-13(14)16)12-7-10(9-18)6-11(15)8-12/h2-9H,1H3. The van der Waals surface area contributed by atoms with E-state index in [1.54, 1.807) is 25.2 Å². The summed E-state index contributed by atoms with van der Waals surface area (Å²) in [7, 11) is 1.61. The number of halogens is 2. The Morgan fingerprint density at radius 3 is 2.50 bits per heavy atom. The molecule has 18 heavy (non-hydrogen) atoms. The molecule has 4 heteroatoms. The molecule has 2 nitrogen and oxygen atoms in total. The Hall–Kier alpha value is -2.23. The summed E-state index contributed by atoms with van der Waals surface area (Å²) in [5.41, 5.74) is 0.954. The molecule has 0 atom stereocenters.